The molecule has 2 N–H and O–H groups in total. The second kappa shape index (κ2) is 7.47. The number of carbonyl (C=O) groups is 2. The van der Waals surface area contributed by atoms with Crippen LogP contribution in [0.4, 0.5) is 11.4 Å². The zero-order valence-corrected chi connectivity index (χ0v) is 16.0. The summed E-state index contributed by atoms with van der Waals surface area (Å²) in [4.78, 5) is 36.9. The molecule has 29 heavy (non-hydrogen) atoms. The summed E-state index contributed by atoms with van der Waals surface area (Å²) in [5, 5.41) is 15.9. The van der Waals surface area contributed by atoms with Crippen molar-refractivity contribution in [3.63, 3.8) is 0 Å². The van der Waals surface area contributed by atoms with Crippen molar-refractivity contribution in [2.45, 2.75) is 12.8 Å². The third-order valence-corrected chi connectivity index (χ3v) is 4.96. The Kier molecular flexibility index (Phi) is 4.85. The summed E-state index contributed by atoms with van der Waals surface area (Å²) in [6.07, 6.45) is 3.42. The number of hydrogen-bond acceptors (Lipinski definition) is 7. The summed E-state index contributed by atoms with van der Waals surface area (Å²) in [6.45, 7) is 1.73. The summed E-state index contributed by atoms with van der Waals surface area (Å²) >= 11 is 4.77. The molecule has 0 atom stereocenters. The van der Waals surface area contributed by atoms with Gasteiger partial charge in [0.25, 0.3) is 17.5 Å². The zero-order chi connectivity index (χ0) is 20.5. The zero-order valence-electron chi connectivity index (χ0n) is 15.1. The van der Waals surface area contributed by atoms with Crippen LogP contribution < -0.4 is 15.5 Å². The van der Waals surface area contributed by atoms with E-state index in [9.17, 15) is 19.7 Å². The summed E-state index contributed by atoms with van der Waals surface area (Å²) in [5.41, 5.74) is 1.25. The van der Waals surface area contributed by atoms with Crippen LogP contribution in [0.5, 0.6) is 0 Å². The highest BCUT2D eigenvalue weighted by molar-refractivity contribution is 7.80. The molecule has 1 aromatic carbocycles. The normalized spacial score (nSPS) is 16.6. The Morgan fingerprint density at radius 3 is 2.45 bits per heavy atom. The molecule has 4 rings (SSSR count). The highest BCUT2D eigenvalue weighted by atomic mass is 32.1. The molecule has 2 aromatic rings. The van der Waals surface area contributed by atoms with Crippen molar-refractivity contribution in [2.24, 2.45) is 0 Å². The van der Waals surface area contributed by atoms with E-state index in [0.29, 0.717) is 11.3 Å². The molecule has 1 aromatic heterocycles. The third-order valence-electron chi connectivity index (χ3n) is 4.76. The SMILES string of the molecule is O=C1NC(=S)NC(=O)C1=Cc1ccc(-c2cc([N+](=O)[O-])ccc2N2CCCC2)o1. The van der Waals surface area contributed by atoms with Crippen LogP contribution in [-0.2, 0) is 9.59 Å². The van der Waals surface area contributed by atoms with E-state index in [0.717, 1.165) is 31.6 Å². The number of benzene rings is 1. The molecule has 2 saturated heterocycles. The molecule has 0 aliphatic carbocycles. The molecule has 0 saturated carbocycles. The van der Waals surface area contributed by atoms with Crippen molar-refractivity contribution in [1.29, 1.82) is 0 Å². The van der Waals surface area contributed by atoms with Crippen LogP contribution in [-0.4, -0.2) is 34.9 Å². The molecule has 2 aliphatic heterocycles. The Bertz CT molecular complexity index is 1050. The first-order valence-electron chi connectivity index (χ1n) is 8.94. The number of thiocarbonyl (C=S) groups is 1. The quantitative estimate of drug-likeness (QED) is 0.260. The number of carbonyl (C=O) groups excluding carboxylic acids is 2. The molecule has 2 aliphatic rings. The van der Waals surface area contributed by atoms with E-state index in [4.69, 9.17) is 16.6 Å². The Labute approximate surface area is 170 Å². The second-order valence-corrected chi connectivity index (χ2v) is 7.06. The van der Waals surface area contributed by atoms with E-state index < -0.39 is 16.7 Å². The number of nitro benzene ring substituents is 1. The number of furan rings is 1. The van der Waals surface area contributed by atoms with Crippen molar-refractivity contribution < 1.29 is 18.9 Å². The number of hydrogen-bond donors (Lipinski definition) is 2. The predicted molar refractivity (Wildman–Crippen MR) is 109 cm³/mol. The average molecular weight is 412 g/mol. The molecule has 0 spiro atoms. The van der Waals surface area contributed by atoms with Crippen LogP contribution >= 0.6 is 12.2 Å². The first-order chi connectivity index (χ1) is 13.9. The minimum atomic E-state index is -0.621. The number of anilines is 1. The lowest BCUT2D eigenvalue weighted by Crippen LogP contribution is -2.51. The molecule has 0 bridgehead atoms. The number of nitrogens with one attached hydrogen (secondary N) is 2. The van der Waals surface area contributed by atoms with Gasteiger partial charge in [-0.25, -0.2) is 0 Å². The number of amides is 2. The van der Waals surface area contributed by atoms with Crippen molar-refractivity contribution >= 4 is 46.6 Å². The standard InChI is InChI=1S/C19H16N4O5S/c24-17-14(18(25)21-19(29)20-17)10-12-4-6-16(28-12)13-9-11(23(26)27)3-5-15(13)22-7-1-2-8-22/h3-6,9-10H,1-2,7-8H2,(H2,20,21,24,25,29). The monoisotopic (exact) mass is 412 g/mol. The molecule has 148 valence electrons. The van der Waals surface area contributed by atoms with Crippen LogP contribution in [0.15, 0.2) is 40.3 Å². The molecular formula is C19H16N4O5S. The topological polar surface area (TPSA) is 118 Å². The number of nitrogens with zero attached hydrogens (tertiary/aromatic N) is 2. The molecule has 2 fully saturated rings. The number of rotatable bonds is 4. The summed E-state index contributed by atoms with van der Waals surface area (Å²) < 4.78 is 5.81. The van der Waals surface area contributed by atoms with Crippen molar-refractivity contribution in [1.82, 2.24) is 10.6 Å². The Balaban J connectivity index is 1.72. The first kappa shape index (κ1) is 18.8. The van der Waals surface area contributed by atoms with Gasteiger partial charge in [-0.05, 0) is 49.3 Å². The molecule has 0 radical (unpaired) electrons. The first-order valence-corrected chi connectivity index (χ1v) is 9.35. The molecule has 2 amide bonds. The van der Waals surface area contributed by atoms with Crippen LogP contribution in [0, 0.1) is 10.1 Å². The maximum Gasteiger partial charge on any atom is 0.270 e. The van der Waals surface area contributed by atoms with E-state index in [1.165, 1.54) is 18.2 Å². The minimum absolute atomic E-state index is 0.0428. The van der Waals surface area contributed by atoms with E-state index in [1.807, 2.05) is 0 Å². The molecule has 0 unspecified atom stereocenters. The van der Waals surface area contributed by atoms with E-state index in [2.05, 4.69) is 15.5 Å². The smallest absolute Gasteiger partial charge is 0.270 e. The lowest BCUT2D eigenvalue weighted by atomic mass is 10.1. The van der Waals surface area contributed by atoms with Crippen LogP contribution in [0.1, 0.15) is 18.6 Å². The minimum Gasteiger partial charge on any atom is -0.457 e. The van der Waals surface area contributed by atoms with Gasteiger partial charge in [-0.2, -0.15) is 0 Å². The molecular weight excluding hydrogens is 396 g/mol. The van der Waals surface area contributed by atoms with E-state index in [-0.39, 0.29) is 22.1 Å². The molecule has 9 nitrogen and oxygen atoms in total. The predicted octanol–water partition coefficient (Wildman–Crippen LogP) is 2.37. The van der Waals surface area contributed by atoms with Gasteiger partial charge in [0.05, 0.1) is 4.92 Å². The lowest BCUT2D eigenvalue weighted by Gasteiger charge is -2.20. The number of non-ortho nitro benzene ring substituents is 1. The summed E-state index contributed by atoms with van der Waals surface area (Å²) in [5.74, 6) is -0.559. The fourth-order valence-corrected chi connectivity index (χ4v) is 3.58. The summed E-state index contributed by atoms with van der Waals surface area (Å²) in [7, 11) is 0. The van der Waals surface area contributed by atoms with Crippen LogP contribution in [0.3, 0.4) is 0 Å². The van der Waals surface area contributed by atoms with Gasteiger partial charge in [-0.1, -0.05) is 0 Å². The lowest BCUT2D eigenvalue weighted by molar-refractivity contribution is -0.384. The van der Waals surface area contributed by atoms with Gasteiger partial charge < -0.3 is 9.32 Å². The highest BCUT2D eigenvalue weighted by Crippen LogP contribution is 2.37. The fourth-order valence-electron chi connectivity index (χ4n) is 3.39. The fraction of sp³-hybridized carbons (Fsp3) is 0.211. The van der Waals surface area contributed by atoms with Crippen LogP contribution in [0.2, 0.25) is 0 Å². The van der Waals surface area contributed by atoms with Gasteiger partial charge >= 0.3 is 0 Å². The second-order valence-electron chi connectivity index (χ2n) is 6.65. The largest absolute Gasteiger partial charge is 0.457 e. The number of nitro groups is 1. The van der Waals surface area contributed by atoms with Crippen molar-refractivity contribution in [2.75, 3.05) is 18.0 Å². The maximum absolute atomic E-state index is 12.0. The van der Waals surface area contributed by atoms with E-state index >= 15 is 0 Å². The van der Waals surface area contributed by atoms with Crippen molar-refractivity contribution in [3.8, 4) is 11.3 Å². The van der Waals surface area contributed by atoms with Gasteiger partial charge in [0.1, 0.15) is 17.1 Å². The maximum atomic E-state index is 12.0. The van der Waals surface area contributed by atoms with Crippen LogP contribution in [0.25, 0.3) is 17.4 Å². The third kappa shape index (κ3) is 3.74. The summed E-state index contributed by atoms with van der Waals surface area (Å²) in [6, 6.07) is 7.93. The Morgan fingerprint density at radius 1 is 1.10 bits per heavy atom. The van der Waals surface area contributed by atoms with Gasteiger partial charge in [0.15, 0.2) is 5.11 Å². The Hall–Kier alpha value is -3.53. The average Bonchev–Trinajstić information content (AvgIpc) is 3.36. The van der Waals surface area contributed by atoms with Gasteiger partial charge in [-0.3, -0.25) is 30.3 Å². The van der Waals surface area contributed by atoms with Gasteiger partial charge in [0.2, 0.25) is 0 Å². The van der Waals surface area contributed by atoms with E-state index in [1.54, 1.807) is 18.2 Å². The Morgan fingerprint density at radius 2 is 1.79 bits per heavy atom. The highest BCUT2D eigenvalue weighted by Gasteiger charge is 2.26. The molecule has 3 heterocycles. The van der Waals surface area contributed by atoms with Gasteiger partial charge in [-0.15, -0.1) is 0 Å². The van der Waals surface area contributed by atoms with Gasteiger partial charge in [0, 0.05) is 36.5 Å². The van der Waals surface area contributed by atoms with Crippen molar-refractivity contribution in [3.05, 3.63) is 51.8 Å². The molecule has 10 heteroatoms.